The lowest BCUT2D eigenvalue weighted by molar-refractivity contribution is 0.355. The van der Waals surface area contributed by atoms with Crippen molar-refractivity contribution in [3.05, 3.63) is 35.5 Å². The maximum Gasteiger partial charge on any atom is 0.211 e. The smallest absolute Gasteiger partial charge is 0.211 e. The highest BCUT2D eigenvalue weighted by Crippen LogP contribution is 2.33. The summed E-state index contributed by atoms with van der Waals surface area (Å²) in [6, 6.07) is 5.60. The minimum absolute atomic E-state index is 0.106. The van der Waals surface area contributed by atoms with Crippen molar-refractivity contribution in [2.24, 2.45) is 21.7 Å². The molecule has 0 radical (unpaired) electrons. The fourth-order valence-corrected chi connectivity index (χ4v) is 2.99. The molecule has 2 aromatic heterocycles. The highest BCUT2D eigenvalue weighted by molar-refractivity contribution is 7.15. The van der Waals surface area contributed by atoms with Gasteiger partial charge in [0.2, 0.25) is 5.96 Å². The van der Waals surface area contributed by atoms with E-state index < -0.39 is 0 Å². The van der Waals surface area contributed by atoms with Gasteiger partial charge in [0.15, 0.2) is 16.5 Å². The number of imidazole rings is 1. The van der Waals surface area contributed by atoms with Crippen LogP contribution in [0.3, 0.4) is 0 Å². The quantitative estimate of drug-likeness (QED) is 0.415. The molecule has 0 amide bonds. The van der Waals surface area contributed by atoms with Crippen molar-refractivity contribution in [1.82, 2.24) is 9.38 Å². The summed E-state index contributed by atoms with van der Waals surface area (Å²) in [6.45, 7) is 0. The number of rotatable bonds is 5. The lowest BCUT2D eigenvalue weighted by atomic mass is 10.1. The number of ether oxygens (including phenoxy) is 2. The van der Waals surface area contributed by atoms with Crippen molar-refractivity contribution in [3.63, 3.8) is 0 Å². The molecule has 0 aliphatic rings. The minimum atomic E-state index is -0.106. The third kappa shape index (κ3) is 2.88. The van der Waals surface area contributed by atoms with E-state index in [1.54, 1.807) is 20.4 Å². The molecule has 0 bridgehead atoms. The van der Waals surface area contributed by atoms with Crippen molar-refractivity contribution >= 4 is 28.5 Å². The maximum absolute atomic E-state index is 5.36. The second kappa shape index (κ2) is 6.59. The SMILES string of the molecule is COc1ccc(-c2nc3sccn3c2/C=N/N=C(N)N)cc1OC. The normalized spacial score (nSPS) is 11.1. The van der Waals surface area contributed by atoms with Crippen LogP contribution in [-0.2, 0) is 0 Å². The molecule has 0 fully saturated rings. The summed E-state index contributed by atoms with van der Waals surface area (Å²) in [4.78, 5) is 5.49. The van der Waals surface area contributed by atoms with Gasteiger partial charge in [-0.25, -0.2) is 4.98 Å². The molecule has 24 heavy (non-hydrogen) atoms. The van der Waals surface area contributed by atoms with Crippen molar-refractivity contribution in [1.29, 1.82) is 0 Å². The Morgan fingerprint density at radius 1 is 1.25 bits per heavy atom. The average molecular weight is 344 g/mol. The molecule has 0 saturated heterocycles. The minimum Gasteiger partial charge on any atom is -0.493 e. The van der Waals surface area contributed by atoms with E-state index in [4.69, 9.17) is 20.9 Å². The molecule has 1 aromatic carbocycles. The van der Waals surface area contributed by atoms with Gasteiger partial charge in [-0.15, -0.1) is 16.4 Å². The van der Waals surface area contributed by atoms with Crippen LogP contribution < -0.4 is 20.9 Å². The van der Waals surface area contributed by atoms with Crippen LogP contribution in [-0.4, -0.2) is 35.8 Å². The Kier molecular flexibility index (Phi) is 4.34. The van der Waals surface area contributed by atoms with Gasteiger partial charge in [-0.2, -0.15) is 5.10 Å². The molecule has 0 atom stereocenters. The molecule has 9 heteroatoms. The Labute approximate surface area is 142 Å². The van der Waals surface area contributed by atoms with Crippen LogP contribution in [0.5, 0.6) is 11.5 Å². The first-order valence-corrected chi connectivity index (χ1v) is 7.82. The maximum atomic E-state index is 5.36. The lowest BCUT2D eigenvalue weighted by Crippen LogP contribution is -2.21. The van der Waals surface area contributed by atoms with Gasteiger partial charge in [-0.05, 0) is 18.2 Å². The van der Waals surface area contributed by atoms with Crippen molar-refractivity contribution in [2.45, 2.75) is 0 Å². The van der Waals surface area contributed by atoms with E-state index in [9.17, 15) is 0 Å². The fourth-order valence-electron chi connectivity index (χ4n) is 2.27. The largest absolute Gasteiger partial charge is 0.493 e. The molecular weight excluding hydrogens is 328 g/mol. The summed E-state index contributed by atoms with van der Waals surface area (Å²) in [7, 11) is 3.19. The summed E-state index contributed by atoms with van der Waals surface area (Å²) in [5.41, 5.74) is 13.0. The van der Waals surface area contributed by atoms with Crippen molar-refractivity contribution in [3.8, 4) is 22.8 Å². The summed E-state index contributed by atoms with van der Waals surface area (Å²) in [5, 5.41) is 9.50. The number of nitrogens with zero attached hydrogens (tertiary/aromatic N) is 4. The Bertz CT molecular complexity index is 923. The molecule has 2 heterocycles. The van der Waals surface area contributed by atoms with Crippen LogP contribution in [0, 0.1) is 0 Å². The van der Waals surface area contributed by atoms with E-state index in [-0.39, 0.29) is 5.96 Å². The predicted octanol–water partition coefficient (Wildman–Crippen LogP) is 1.69. The van der Waals surface area contributed by atoms with Crippen LogP contribution in [0.25, 0.3) is 16.2 Å². The zero-order chi connectivity index (χ0) is 17.1. The highest BCUT2D eigenvalue weighted by atomic mass is 32.1. The number of methoxy groups -OCH3 is 2. The first-order valence-electron chi connectivity index (χ1n) is 6.94. The Morgan fingerprint density at radius 2 is 2.04 bits per heavy atom. The third-order valence-corrected chi connectivity index (χ3v) is 4.07. The van der Waals surface area contributed by atoms with E-state index in [0.717, 1.165) is 21.9 Å². The fraction of sp³-hybridized carbons (Fsp3) is 0.133. The van der Waals surface area contributed by atoms with Crippen LogP contribution in [0.2, 0.25) is 0 Å². The number of thiazole rings is 1. The first kappa shape index (κ1) is 15.8. The number of aromatic nitrogens is 2. The lowest BCUT2D eigenvalue weighted by Gasteiger charge is -2.08. The number of fused-ring (bicyclic) bond motifs is 1. The highest BCUT2D eigenvalue weighted by Gasteiger charge is 2.15. The van der Waals surface area contributed by atoms with E-state index in [0.29, 0.717) is 11.5 Å². The van der Waals surface area contributed by atoms with Gasteiger partial charge in [-0.3, -0.25) is 4.40 Å². The molecule has 0 aliphatic carbocycles. The molecule has 124 valence electrons. The zero-order valence-electron chi connectivity index (χ0n) is 13.1. The van der Waals surface area contributed by atoms with Crippen molar-refractivity contribution in [2.75, 3.05) is 14.2 Å². The van der Waals surface area contributed by atoms with Gasteiger partial charge in [0.05, 0.1) is 31.8 Å². The Hall–Kier alpha value is -3.07. The number of benzene rings is 1. The average Bonchev–Trinajstić information content (AvgIpc) is 3.16. The van der Waals surface area contributed by atoms with Crippen LogP contribution >= 0.6 is 11.3 Å². The van der Waals surface area contributed by atoms with E-state index in [1.165, 1.54) is 11.3 Å². The van der Waals surface area contributed by atoms with Crippen LogP contribution in [0.1, 0.15) is 5.69 Å². The van der Waals surface area contributed by atoms with Crippen LogP contribution in [0.4, 0.5) is 0 Å². The molecule has 4 N–H and O–H groups in total. The summed E-state index contributed by atoms with van der Waals surface area (Å²) < 4.78 is 12.6. The molecule has 8 nitrogen and oxygen atoms in total. The Morgan fingerprint density at radius 3 is 2.75 bits per heavy atom. The third-order valence-electron chi connectivity index (χ3n) is 3.31. The zero-order valence-corrected chi connectivity index (χ0v) is 13.9. The van der Waals surface area contributed by atoms with Gasteiger partial charge < -0.3 is 20.9 Å². The molecule has 3 aromatic rings. The van der Waals surface area contributed by atoms with Gasteiger partial charge in [0.25, 0.3) is 0 Å². The summed E-state index contributed by atoms with van der Waals surface area (Å²) in [6.07, 6.45) is 3.48. The molecule has 0 saturated carbocycles. The van der Waals surface area contributed by atoms with Gasteiger partial charge in [0.1, 0.15) is 0 Å². The topological polar surface area (TPSA) is 113 Å². The van der Waals surface area contributed by atoms with Gasteiger partial charge >= 0.3 is 0 Å². The predicted molar refractivity (Wildman–Crippen MR) is 95.0 cm³/mol. The van der Waals surface area contributed by atoms with Gasteiger partial charge in [0, 0.05) is 17.1 Å². The second-order valence-corrected chi connectivity index (χ2v) is 5.61. The van der Waals surface area contributed by atoms with E-state index >= 15 is 0 Å². The molecule has 0 aliphatic heterocycles. The number of hydrogen-bond donors (Lipinski definition) is 2. The van der Waals surface area contributed by atoms with E-state index in [2.05, 4.69) is 15.2 Å². The standard InChI is InChI=1S/C15H16N6O2S/c1-22-11-4-3-9(7-12(11)23-2)13-10(8-18-20-14(16)17)21-5-6-24-15(21)19-13/h3-8H,1-2H3,(H4,16,17,20)/b18-8+. The monoisotopic (exact) mass is 344 g/mol. The number of nitrogens with two attached hydrogens (primary N) is 2. The number of hydrogen-bond acceptors (Lipinski definition) is 6. The van der Waals surface area contributed by atoms with Gasteiger partial charge in [-0.1, -0.05) is 0 Å². The Balaban J connectivity index is 2.14. The van der Waals surface area contributed by atoms with Crippen LogP contribution in [0.15, 0.2) is 40.0 Å². The molecular formula is C15H16N6O2S. The molecule has 0 unspecified atom stereocenters. The second-order valence-electron chi connectivity index (χ2n) is 4.74. The van der Waals surface area contributed by atoms with Crippen molar-refractivity contribution < 1.29 is 9.47 Å². The number of guanidine groups is 1. The van der Waals surface area contributed by atoms with E-state index in [1.807, 2.05) is 34.2 Å². The summed E-state index contributed by atoms with van der Waals surface area (Å²) >= 11 is 1.52. The first-order chi connectivity index (χ1) is 11.6. The summed E-state index contributed by atoms with van der Waals surface area (Å²) in [5.74, 6) is 1.17. The molecule has 0 spiro atoms. The molecule has 3 rings (SSSR count).